The molecule has 2 N–H and O–H groups in total. The fraction of sp³-hybridized carbons (Fsp3) is 0.120. The van der Waals surface area contributed by atoms with Crippen LogP contribution in [0.4, 0.5) is 17.3 Å². The molecule has 34 heavy (non-hydrogen) atoms. The van der Waals surface area contributed by atoms with Crippen molar-refractivity contribution in [3.05, 3.63) is 104 Å². The summed E-state index contributed by atoms with van der Waals surface area (Å²) in [5.74, 6) is 0.183. The summed E-state index contributed by atoms with van der Waals surface area (Å²) in [6.07, 6.45) is 0. The molecule has 170 valence electrons. The van der Waals surface area contributed by atoms with Gasteiger partial charge in [-0.25, -0.2) is 4.98 Å². The number of nitrogens with zero attached hydrogens (tertiary/aromatic N) is 3. The zero-order valence-electron chi connectivity index (χ0n) is 18.4. The van der Waals surface area contributed by atoms with Crippen molar-refractivity contribution in [2.24, 2.45) is 0 Å². The van der Waals surface area contributed by atoms with Crippen molar-refractivity contribution in [2.45, 2.75) is 19.9 Å². The number of allylic oxidation sites excluding steroid dienone is 1. The average Bonchev–Trinajstić information content (AvgIpc) is 3.17. The largest absolute Gasteiger partial charge is 0.329 e. The van der Waals surface area contributed by atoms with Crippen LogP contribution in [0.25, 0.3) is 11.0 Å². The average molecular weight is 474 g/mol. The number of aryl methyl sites for hydroxylation is 1. The van der Waals surface area contributed by atoms with E-state index in [4.69, 9.17) is 11.6 Å². The number of carbonyl (C=O) groups excluding carboxylic acids is 1. The third kappa shape index (κ3) is 3.68. The number of rotatable bonds is 4. The third-order valence-electron chi connectivity index (χ3n) is 5.87. The predicted octanol–water partition coefficient (Wildman–Crippen LogP) is 5.83. The molecule has 1 aromatic heterocycles. The number of non-ortho nitro benzene ring substituents is 1. The molecule has 1 atom stereocenters. The van der Waals surface area contributed by atoms with E-state index >= 15 is 0 Å². The maximum absolute atomic E-state index is 13.6. The van der Waals surface area contributed by atoms with Crippen molar-refractivity contribution < 1.29 is 9.72 Å². The number of anilines is 2. The van der Waals surface area contributed by atoms with Gasteiger partial charge < -0.3 is 10.6 Å². The highest BCUT2D eigenvalue weighted by Crippen LogP contribution is 2.42. The maximum Gasteiger partial charge on any atom is 0.269 e. The fourth-order valence-electron chi connectivity index (χ4n) is 4.24. The van der Waals surface area contributed by atoms with E-state index in [1.54, 1.807) is 6.92 Å². The Hall–Kier alpha value is -4.17. The second-order valence-corrected chi connectivity index (χ2v) is 8.55. The van der Waals surface area contributed by atoms with Crippen LogP contribution in [0.1, 0.15) is 24.1 Å². The number of benzene rings is 3. The van der Waals surface area contributed by atoms with E-state index in [2.05, 4.69) is 15.6 Å². The topological polar surface area (TPSA) is 102 Å². The molecular weight excluding hydrogens is 454 g/mol. The highest BCUT2D eigenvalue weighted by Gasteiger charge is 2.36. The van der Waals surface area contributed by atoms with E-state index in [1.165, 1.54) is 18.2 Å². The number of nitrogens with one attached hydrogen (secondary N) is 2. The Morgan fingerprint density at radius 2 is 1.85 bits per heavy atom. The number of para-hydroxylation sites is 2. The first-order valence-electron chi connectivity index (χ1n) is 10.6. The number of hydrogen-bond donors (Lipinski definition) is 2. The van der Waals surface area contributed by atoms with Gasteiger partial charge >= 0.3 is 0 Å². The van der Waals surface area contributed by atoms with E-state index in [1.807, 2.05) is 60.0 Å². The van der Waals surface area contributed by atoms with E-state index in [-0.39, 0.29) is 11.6 Å². The van der Waals surface area contributed by atoms with Crippen LogP contribution in [0.2, 0.25) is 5.02 Å². The SMILES string of the molecule is CC1=C(C(=O)Nc2ccc(C)cc2)[C@H](c2cc([N+](=O)[O-])ccc2Cl)n2c(nc3ccccc32)N1. The monoisotopic (exact) mass is 473 g/mol. The lowest BCUT2D eigenvalue weighted by Gasteiger charge is -2.31. The van der Waals surface area contributed by atoms with Crippen LogP contribution in [0.3, 0.4) is 0 Å². The summed E-state index contributed by atoms with van der Waals surface area (Å²) >= 11 is 6.58. The van der Waals surface area contributed by atoms with E-state index < -0.39 is 11.0 Å². The number of carbonyl (C=O) groups is 1. The van der Waals surface area contributed by atoms with Crippen LogP contribution in [0.5, 0.6) is 0 Å². The lowest BCUT2D eigenvalue weighted by molar-refractivity contribution is -0.384. The van der Waals surface area contributed by atoms with Gasteiger partial charge in [-0.15, -0.1) is 0 Å². The zero-order valence-corrected chi connectivity index (χ0v) is 19.1. The standard InChI is InChI=1S/C25H20ClN5O3/c1-14-7-9-16(10-8-14)28-24(32)22-15(2)27-25-29-20-5-3-4-6-21(20)30(25)23(22)18-13-17(31(33)34)11-12-19(18)26/h3-13,23H,1-2H3,(H,27,29)(H,28,32)/t23-/m0/s1. The van der Waals surface area contributed by atoms with Gasteiger partial charge in [0.15, 0.2) is 0 Å². The van der Waals surface area contributed by atoms with Gasteiger partial charge in [0.1, 0.15) is 0 Å². The Bertz CT molecular complexity index is 1490. The summed E-state index contributed by atoms with van der Waals surface area (Å²) in [6, 6.07) is 18.5. The van der Waals surface area contributed by atoms with Gasteiger partial charge in [0, 0.05) is 34.1 Å². The summed E-state index contributed by atoms with van der Waals surface area (Å²) in [4.78, 5) is 29.4. The molecule has 0 spiro atoms. The van der Waals surface area contributed by atoms with Gasteiger partial charge in [-0.1, -0.05) is 41.4 Å². The van der Waals surface area contributed by atoms with Crippen molar-refractivity contribution >= 4 is 45.9 Å². The first-order valence-corrected chi connectivity index (χ1v) is 11.0. The highest BCUT2D eigenvalue weighted by molar-refractivity contribution is 6.31. The summed E-state index contributed by atoms with van der Waals surface area (Å²) in [6.45, 7) is 3.75. The first-order chi connectivity index (χ1) is 16.3. The molecule has 0 aliphatic carbocycles. The normalized spacial score (nSPS) is 15.1. The Labute approximate surface area is 200 Å². The van der Waals surface area contributed by atoms with Crippen molar-refractivity contribution in [1.29, 1.82) is 0 Å². The molecule has 5 rings (SSSR count). The molecule has 8 nitrogen and oxygen atoms in total. The third-order valence-corrected chi connectivity index (χ3v) is 6.21. The minimum atomic E-state index is -0.735. The molecule has 0 fully saturated rings. The van der Waals surface area contributed by atoms with Crippen LogP contribution in [-0.4, -0.2) is 20.4 Å². The highest BCUT2D eigenvalue weighted by atomic mass is 35.5. The summed E-state index contributed by atoms with van der Waals surface area (Å²) in [5, 5.41) is 18.0. The number of nitro groups is 1. The number of halogens is 1. The molecule has 4 aromatic rings. The van der Waals surface area contributed by atoms with Crippen LogP contribution < -0.4 is 10.6 Å². The van der Waals surface area contributed by atoms with E-state index in [9.17, 15) is 14.9 Å². The fourth-order valence-corrected chi connectivity index (χ4v) is 4.46. The van der Waals surface area contributed by atoms with Crippen molar-refractivity contribution in [1.82, 2.24) is 9.55 Å². The maximum atomic E-state index is 13.6. The van der Waals surface area contributed by atoms with Crippen LogP contribution >= 0.6 is 11.6 Å². The van der Waals surface area contributed by atoms with Crippen molar-refractivity contribution in [2.75, 3.05) is 10.6 Å². The molecule has 2 heterocycles. The second-order valence-electron chi connectivity index (χ2n) is 8.14. The number of aromatic nitrogens is 2. The summed E-state index contributed by atoms with van der Waals surface area (Å²) < 4.78 is 1.86. The Morgan fingerprint density at radius 3 is 2.59 bits per heavy atom. The Morgan fingerprint density at radius 1 is 1.12 bits per heavy atom. The molecule has 0 saturated heterocycles. The first kappa shape index (κ1) is 21.7. The molecule has 9 heteroatoms. The van der Waals surface area contributed by atoms with Crippen LogP contribution in [0, 0.1) is 17.0 Å². The molecule has 0 unspecified atom stereocenters. The van der Waals surface area contributed by atoms with Crippen molar-refractivity contribution in [3.8, 4) is 0 Å². The number of fused-ring (bicyclic) bond motifs is 3. The minimum Gasteiger partial charge on any atom is -0.329 e. The molecule has 0 bridgehead atoms. The molecule has 3 aromatic carbocycles. The molecule has 0 saturated carbocycles. The van der Waals surface area contributed by atoms with E-state index in [0.29, 0.717) is 33.5 Å². The molecule has 1 amide bonds. The Balaban J connectivity index is 1.71. The lowest BCUT2D eigenvalue weighted by atomic mass is 9.93. The van der Waals surface area contributed by atoms with E-state index in [0.717, 1.165) is 16.6 Å². The minimum absolute atomic E-state index is 0.111. The second kappa shape index (κ2) is 8.31. The number of hydrogen-bond acceptors (Lipinski definition) is 5. The zero-order chi connectivity index (χ0) is 24.0. The number of amides is 1. The molecular formula is C25H20ClN5O3. The lowest BCUT2D eigenvalue weighted by Crippen LogP contribution is -2.31. The van der Waals surface area contributed by atoms with Gasteiger partial charge in [0.25, 0.3) is 11.6 Å². The van der Waals surface area contributed by atoms with Crippen molar-refractivity contribution in [3.63, 3.8) is 0 Å². The number of imidazole rings is 1. The van der Waals surface area contributed by atoms with Gasteiger partial charge in [-0.2, -0.15) is 0 Å². The predicted molar refractivity (Wildman–Crippen MR) is 132 cm³/mol. The van der Waals surface area contributed by atoms with Gasteiger partial charge in [-0.3, -0.25) is 19.5 Å². The Kier molecular flexibility index (Phi) is 5.30. The number of nitro benzene ring substituents is 1. The van der Waals surface area contributed by atoms with Crippen LogP contribution in [-0.2, 0) is 4.79 Å². The molecule has 0 radical (unpaired) electrons. The quantitative estimate of drug-likeness (QED) is 0.286. The van der Waals surface area contributed by atoms with Gasteiger partial charge in [0.05, 0.1) is 27.6 Å². The van der Waals surface area contributed by atoms with Gasteiger partial charge in [0.2, 0.25) is 5.95 Å². The smallest absolute Gasteiger partial charge is 0.269 e. The summed E-state index contributed by atoms with van der Waals surface area (Å²) in [7, 11) is 0. The van der Waals surface area contributed by atoms with Crippen LogP contribution in [0.15, 0.2) is 78.0 Å². The molecule has 1 aliphatic rings. The summed E-state index contributed by atoms with van der Waals surface area (Å²) in [5.41, 5.74) is 4.51. The van der Waals surface area contributed by atoms with Gasteiger partial charge in [-0.05, 0) is 44.2 Å². The molecule has 1 aliphatic heterocycles.